The molecular formula is C25H33BrN2O4. The first kappa shape index (κ1) is 25.7. The standard InChI is InChI=1S/C25H33BrN2O4/c1-5-7-13-27-25(30)18(3)28(16-20-9-8-10-21(14-20)31-4)24(29)17-32-23-12-11-19(6-2)15-22(23)26/h8-12,14-15,18H,5-7,13,16-17H2,1-4H3,(H,27,30)/t18-/m0/s1. The number of ether oxygens (including phenoxy) is 2. The number of amides is 2. The number of hydrogen-bond donors (Lipinski definition) is 1. The zero-order chi connectivity index (χ0) is 23.5. The molecule has 6 nitrogen and oxygen atoms in total. The number of aryl methyl sites for hydroxylation is 1. The second-order valence-corrected chi connectivity index (χ2v) is 8.46. The first-order chi connectivity index (χ1) is 15.4. The molecule has 0 unspecified atom stereocenters. The third-order valence-corrected chi connectivity index (χ3v) is 5.86. The summed E-state index contributed by atoms with van der Waals surface area (Å²) >= 11 is 3.50. The van der Waals surface area contributed by atoms with Crippen molar-refractivity contribution in [1.82, 2.24) is 10.2 Å². The number of nitrogens with one attached hydrogen (secondary N) is 1. The van der Waals surface area contributed by atoms with E-state index in [1.807, 2.05) is 42.5 Å². The summed E-state index contributed by atoms with van der Waals surface area (Å²) in [5.74, 6) is 0.851. The Balaban J connectivity index is 2.16. The third kappa shape index (κ3) is 7.55. The maximum Gasteiger partial charge on any atom is 0.261 e. The van der Waals surface area contributed by atoms with Crippen LogP contribution in [0.3, 0.4) is 0 Å². The molecule has 0 bridgehead atoms. The summed E-state index contributed by atoms with van der Waals surface area (Å²) in [6.45, 7) is 6.59. The second kappa shape index (κ2) is 13.1. The zero-order valence-electron chi connectivity index (χ0n) is 19.3. The number of rotatable bonds is 12. The van der Waals surface area contributed by atoms with Crippen molar-refractivity contribution in [3.05, 3.63) is 58.1 Å². The molecule has 0 saturated heterocycles. The van der Waals surface area contributed by atoms with E-state index < -0.39 is 6.04 Å². The summed E-state index contributed by atoms with van der Waals surface area (Å²) in [4.78, 5) is 27.4. The van der Waals surface area contributed by atoms with E-state index in [2.05, 4.69) is 35.1 Å². The number of methoxy groups -OCH3 is 1. The van der Waals surface area contributed by atoms with Crippen molar-refractivity contribution in [2.24, 2.45) is 0 Å². The molecule has 32 heavy (non-hydrogen) atoms. The van der Waals surface area contributed by atoms with Gasteiger partial charge in [-0.25, -0.2) is 0 Å². The van der Waals surface area contributed by atoms with Crippen LogP contribution in [0.15, 0.2) is 46.9 Å². The number of halogens is 1. The van der Waals surface area contributed by atoms with E-state index in [-0.39, 0.29) is 25.0 Å². The van der Waals surface area contributed by atoms with E-state index in [0.717, 1.165) is 29.3 Å². The Morgan fingerprint density at radius 2 is 1.91 bits per heavy atom. The lowest BCUT2D eigenvalue weighted by molar-refractivity contribution is -0.142. The van der Waals surface area contributed by atoms with Gasteiger partial charge in [0.1, 0.15) is 17.5 Å². The Labute approximate surface area is 199 Å². The number of carbonyl (C=O) groups excluding carboxylic acids is 2. The van der Waals surface area contributed by atoms with Crippen molar-refractivity contribution >= 4 is 27.7 Å². The molecule has 0 aliphatic rings. The van der Waals surface area contributed by atoms with E-state index in [0.29, 0.717) is 18.0 Å². The maximum atomic E-state index is 13.2. The molecule has 0 spiro atoms. The molecule has 0 radical (unpaired) electrons. The topological polar surface area (TPSA) is 67.9 Å². The third-order valence-electron chi connectivity index (χ3n) is 5.24. The Bertz CT molecular complexity index is 903. The summed E-state index contributed by atoms with van der Waals surface area (Å²) in [7, 11) is 1.60. The van der Waals surface area contributed by atoms with E-state index in [1.54, 1.807) is 18.9 Å². The average molecular weight is 505 g/mol. The average Bonchev–Trinajstić information content (AvgIpc) is 2.81. The van der Waals surface area contributed by atoms with Gasteiger partial charge in [-0.15, -0.1) is 0 Å². The molecule has 0 aliphatic heterocycles. The van der Waals surface area contributed by atoms with Gasteiger partial charge in [-0.2, -0.15) is 0 Å². The predicted molar refractivity (Wildman–Crippen MR) is 130 cm³/mol. The first-order valence-electron chi connectivity index (χ1n) is 11.0. The Morgan fingerprint density at radius 1 is 1.12 bits per heavy atom. The van der Waals surface area contributed by atoms with Crippen molar-refractivity contribution in [2.45, 2.75) is 52.6 Å². The molecule has 0 saturated carbocycles. The molecular weight excluding hydrogens is 472 g/mol. The van der Waals surface area contributed by atoms with Crippen LogP contribution in [0.4, 0.5) is 0 Å². The molecule has 2 rings (SSSR count). The molecule has 1 N–H and O–H groups in total. The maximum absolute atomic E-state index is 13.2. The predicted octanol–water partition coefficient (Wildman–Crippen LogP) is 4.73. The van der Waals surface area contributed by atoms with Gasteiger partial charge in [0, 0.05) is 13.1 Å². The minimum atomic E-state index is -0.639. The van der Waals surface area contributed by atoms with Crippen molar-refractivity contribution in [3.8, 4) is 11.5 Å². The highest BCUT2D eigenvalue weighted by atomic mass is 79.9. The Hall–Kier alpha value is -2.54. The van der Waals surface area contributed by atoms with Crippen LogP contribution < -0.4 is 14.8 Å². The van der Waals surface area contributed by atoms with E-state index in [4.69, 9.17) is 9.47 Å². The van der Waals surface area contributed by atoms with Gasteiger partial charge >= 0.3 is 0 Å². The van der Waals surface area contributed by atoms with Gasteiger partial charge in [0.15, 0.2) is 6.61 Å². The summed E-state index contributed by atoms with van der Waals surface area (Å²) in [6.07, 6.45) is 2.80. The van der Waals surface area contributed by atoms with Crippen molar-refractivity contribution in [2.75, 3.05) is 20.3 Å². The zero-order valence-corrected chi connectivity index (χ0v) is 20.9. The summed E-state index contributed by atoms with van der Waals surface area (Å²) < 4.78 is 11.9. The highest BCUT2D eigenvalue weighted by molar-refractivity contribution is 9.10. The smallest absolute Gasteiger partial charge is 0.261 e. The van der Waals surface area contributed by atoms with E-state index >= 15 is 0 Å². The molecule has 2 amide bonds. The molecule has 2 aromatic rings. The summed E-state index contributed by atoms with van der Waals surface area (Å²) in [6, 6.07) is 12.7. The van der Waals surface area contributed by atoms with Crippen LogP contribution in [0.2, 0.25) is 0 Å². The van der Waals surface area contributed by atoms with Gasteiger partial charge in [-0.05, 0) is 71.1 Å². The fourth-order valence-corrected chi connectivity index (χ4v) is 3.73. The molecule has 7 heteroatoms. The fourth-order valence-electron chi connectivity index (χ4n) is 3.19. The van der Waals surface area contributed by atoms with E-state index in [9.17, 15) is 9.59 Å². The first-order valence-corrected chi connectivity index (χ1v) is 11.8. The van der Waals surface area contributed by atoms with Gasteiger partial charge in [-0.3, -0.25) is 9.59 Å². The van der Waals surface area contributed by atoms with Crippen LogP contribution in [0.5, 0.6) is 11.5 Å². The number of carbonyl (C=O) groups is 2. The van der Waals surface area contributed by atoms with Crippen molar-refractivity contribution < 1.29 is 19.1 Å². The Morgan fingerprint density at radius 3 is 2.56 bits per heavy atom. The van der Waals surface area contributed by atoms with Crippen LogP contribution in [-0.2, 0) is 22.6 Å². The van der Waals surface area contributed by atoms with Crippen LogP contribution in [0.25, 0.3) is 0 Å². The largest absolute Gasteiger partial charge is 0.497 e. The lowest BCUT2D eigenvalue weighted by Gasteiger charge is -2.29. The minimum Gasteiger partial charge on any atom is -0.497 e. The van der Waals surface area contributed by atoms with Crippen LogP contribution in [0, 0.1) is 0 Å². The minimum absolute atomic E-state index is 0.166. The summed E-state index contributed by atoms with van der Waals surface area (Å²) in [5.41, 5.74) is 2.05. The molecule has 0 fully saturated rings. The second-order valence-electron chi connectivity index (χ2n) is 7.60. The van der Waals surface area contributed by atoms with Crippen molar-refractivity contribution in [3.63, 3.8) is 0 Å². The molecule has 1 atom stereocenters. The highest BCUT2D eigenvalue weighted by Gasteiger charge is 2.26. The van der Waals surface area contributed by atoms with Gasteiger partial charge in [0.2, 0.25) is 5.91 Å². The van der Waals surface area contributed by atoms with Crippen LogP contribution in [-0.4, -0.2) is 43.0 Å². The number of benzene rings is 2. The quantitative estimate of drug-likeness (QED) is 0.424. The van der Waals surface area contributed by atoms with Gasteiger partial charge in [0.05, 0.1) is 11.6 Å². The normalized spacial score (nSPS) is 11.5. The lowest BCUT2D eigenvalue weighted by atomic mass is 10.1. The Kier molecular flexibility index (Phi) is 10.5. The van der Waals surface area contributed by atoms with Gasteiger partial charge in [0.25, 0.3) is 5.91 Å². The van der Waals surface area contributed by atoms with Crippen LogP contribution in [0.1, 0.15) is 44.7 Å². The van der Waals surface area contributed by atoms with Gasteiger partial charge in [-0.1, -0.05) is 38.5 Å². The SMILES string of the molecule is CCCCNC(=O)[C@H](C)N(Cc1cccc(OC)c1)C(=O)COc1ccc(CC)cc1Br. The highest BCUT2D eigenvalue weighted by Crippen LogP contribution is 2.26. The number of nitrogens with zero attached hydrogens (tertiary/aromatic N) is 1. The van der Waals surface area contributed by atoms with E-state index in [1.165, 1.54) is 5.56 Å². The molecule has 2 aromatic carbocycles. The summed E-state index contributed by atoms with van der Waals surface area (Å²) in [5, 5.41) is 2.92. The molecule has 0 aromatic heterocycles. The van der Waals surface area contributed by atoms with Crippen molar-refractivity contribution in [1.29, 1.82) is 0 Å². The van der Waals surface area contributed by atoms with Gasteiger partial charge < -0.3 is 19.7 Å². The lowest BCUT2D eigenvalue weighted by Crippen LogP contribution is -2.49. The molecule has 0 aliphatic carbocycles. The fraction of sp³-hybridized carbons (Fsp3) is 0.440. The monoisotopic (exact) mass is 504 g/mol. The molecule has 0 heterocycles. The molecule has 174 valence electrons. The van der Waals surface area contributed by atoms with Crippen LogP contribution >= 0.6 is 15.9 Å². The number of unbranched alkanes of at least 4 members (excludes halogenated alkanes) is 1. The number of hydrogen-bond acceptors (Lipinski definition) is 4.